The highest BCUT2D eigenvalue weighted by Gasteiger charge is 2.17. The van der Waals surface area contributed by atoms with E-state index in [2.05, 4.69) is 15.6 Å². The highest BCUT2D eigenvalue weighted by atomic mass is 32.2. The maximum Gasteiger partial charge on any atom is 0.253 e. The van der Waals surface area contributed by atoms with E-state index in [4.69, 9.17) is 0 Å². The standard InChI is InChI=1S/C23H23N3O2S/c1-17(16-29-19-9-3-2-4-10-19)22(27)26-21-12-6-5-11-20(21)23(28)25-15-18-8-7-13-24-14-18/h2-14,17H,15-16H2,1H3,(H,25,28)(H,26,27). The van der Waals surface area contributed by atoms with Crippen LogP contribution in [0, 0.1) is 5.92 Å². The van der Waals surface area contributed by atoms with Crippen LogP contribution in [0.5, 0.6) is 0 Å². The molecule has 1 heterocycles. The summed E-state index contributed by atoms with van der Waals surface area (Å²) in [5.41, 5.74) is 1.86. The minimum atomic E-state index is -0.240. The third-order valence-corrected chi connectivity index (χ3v) is 5.57. The molecule has 2 amide bonds. The molecule has 0 aliphatic carbocycles. The fourth-order valence-corrected chi connectivity index (χ4v) is 3.58. The Hall–Kier alpha value is -3.12. The zero-order chi connectivity index (χ0) is 20.5. The molecule has 29 heavy (non-hydrogen) atoms. The Morgan fingerprint density at radius 1 is 1.00 bits per heavy atom. The molecule has 5 nitrogen and oxygen atoms in total. The molecular formula is C23H23N3O2S. The molecule has 148 valence electrons. The lowest BCUT2D eigenvalue weighted by atomic mass is 10.1. The summed E-state index contributed by atoms with van der Waals surface area (Å²) >= 11 is 1.64. The van der Waals surface area contributed by atoms with Crippen LogP contribution in [-0.4, -0.2) is 22.6 Å². The molecule has 3 rings (SSSR count). The van der Waals surface area contributed by atoms with Crippen molar-refractivity contribution < 1.29 is 9.59 Å². The second-order valence-electron chi connectivity index (χ2n) is 6.60. The van der Waals surface area contributed by atoms with Gasteiger partial charge in [0.1, 0.15) is 0 Å². The van der Waals surface area contributed by atoms with Crippen molar-refractivity contribution in [2.75, 3.05) is 11.1 Å². The van der Waals surface area contributed by atoms with Gasteiger partial charge in [-0.2, -0.15) is 0 Å². The summed E-state index contributed by atoms with van der Waals surface area (Å²) < 4.78 is 0. The molecular weight excluding hydrogens is 382 g/mol. The number of anilines is 1. The van der Waals surface area contributed by atoms with Gasteiger partial charge in [0.25, 0.3) is 5.91 Å². The molecule has 6 heteroatoms. The molecule has 3 aromatic rings. The molecule has 0 spiro atoms. The Kier molecular flexibility index (Phi) is 7.41. The first-order chi connectivity index (χ1) is 14.1. The second-order valence-corrected chi connectivity index (χ2v) is 7.70. The SMILES string of the molecule is CC(CSc1ccccc1)C(=O)Nc1ccccc1C(=O)NCc1cccnc1. The largest absolute Gasteiger partial charge is 0.348 e. The number of nitrogens with zero attached hydrogens (tertiary/aromatic N) is 1. The number of carbonyl (C=O) groups is 2. The summed E-state index contributed by atoms with van der Waals surface area (Å²) in [7, 11) is 0. The van der Waals surface area contributed by atoms with Crippen molar-refractivity contribution in [1.29, 1.82) is 0 Å². The molecule has 0 fully saturated rings. The summed E-state index contributed by atoms with van der Waals surface area (Å²) in [6.45, 7) is 2.26. The molecule has 1 atom stereocenters. The molecule has 1 aromatic heterocycles. The molecule has 0 aliphatic heterocycles. The third kappa shape index (κ3) is 6.19. The average Bonchev–Trinajstić information content (AvgIpc) is 2.77. The predicted molar refractivity (Wildman–Crippen MR) is 117 cm³/mol. The Morgan fingerprint density at radius 2 is 1.76 bits per heavy atom. The van der Waals surface area contributed by atoms with E-state index in [9.17, 15) is 9.59 Å². The van der Waals surface area contributed by atoms with Crippen molar-refractivity contribution in [3.8, 4) is 0 Å². The highest BCUT2D eigenvalue weighted by molar-refractivity contribution is 7.99. The zero-order valence-electron chi connectivity index (χ0n) is 16.2. The van der Waals surface area contributed by atoms with E-state index in [1.54, 1.807) is 48.4 Å². The number of thioether (sulfide) groups is 1. The number of para-hydroxylation sites is 1. The maximum absolute atomic E-state index is 12.6. The minimum Gasteiger partial charge on any atom is -0.348 e. The van der Waals surface area contributed by atoms with Crippen LogP contribution in [0.3, 0.4) is 0 Å². The van der Waals surface area contributed by atoms with Crippen LogP contribution >= 0.6 is 11.8 Å². The van der Waals surface area contributed by atoms with Crippen molar-refractivity contribution >= 4 is 29.3 Å². The number of hydrogen-bond acceptors (Lipinski definition) is 4. The van der Waals surface area contributed by atoms with Crippen molar-refractivity contribution in [2.24, 2.45) is 5.92 Å². The first kappa shape index (κ1) is 20.6. The van der Waals surface area contributed by atoms with Gasteiger partial charge in [-0.15, -0.1) is 11.8 Å². The van der Waals surface area contributed by atoms with Gasteiger partial charge in [0.15, 0.2) is 0 Å². The Bertz CT molecular complexity index is 949. The number of amides is 2. The molecule has 0 aliphatic rings. The van der Waals surface area contributed by atoms with E-state index >= 15 is 0 Å². The lowest BCUT2D eigenvalue weighted by molar-refractivity contribution is -0.118. The summed E-state index contributed by atoms with van der Waals surface area (Å²) in [5, 5.41) is 5.77. The summed E-state index contributed by atoms with van der Waals surface area (Å²) in [6, 6.07) is 20.7. The van der Waals surface area contributed by atoms with Gasteiger partial charge in [-0.25, -0.2) is 0 Å². The van der Waals surface area contributed by atoms with Gasteiger partial charge in [-0.05, 0) is 35.9 Å². The quantitative estimate of drug-likeness (QED) is 0.546. The first-order valence-corrected chi connectivity index (χ1v) is 10.4. The van der Waals surface area contributed by atoms with Crippen LogP contribution in [0.15, 0.2) is 84.0 Å². The monoisotopic (exact) mass is 405 g/mol. The molecule has 0 saturated carbocycles. The molecule has 2 aromatic carbocycles. The van der Waals surface area contributed by atoms with Crippen LogP contribution in [0.4, 0.5) is 5.69 Å². The number of hydrogen-bond donors (Lipinski definition) is 2. The molecule has 1 unspecified atom stereocenters. The van der Waals surface area contributed by atoms with Crippen LogP contribution in [0.2, 0.25) is 0 Å². The molecule has 0 saturated heterocycles. The van der Waals surface area contributed by atoms with Gasteiger partial charge < -0.3 is 10.6 Å². The second kappa shape index (κ2) is 10.4. The Morgan fingerprint density at radius 3 is 2.52 bits per heavy atom. The number of pyridine rings is 1. The van der Waals surface area contributed by atoms with Gasteiger partial charge in [0, 0.05) is 35.5 Å². The van der Waals surface area contributed by atoms with E-state index in [0.717, 1.165) is 10.5 Å². The van der Waals surface area contributed by atoms with E-state index in [1.165, 1.54) is 0 Å². The number of rotatable bonds is 8. The smallest absolute Gasteiger partial charge is 0.253 e. The lowest BCUT2D eigenvalue weighted by Crippen LogP contribution is -2.27. The highest BCUT2D eigenvalue weighted by Crippen LogP contribution is 2.22. The third-order valence-electron chi connectivity index (χ3n) is 4.30. The molecule has 0 bridgehead atoms. The molecule has 2 N–H and O–H groups in total. The summed E-state index contributed by atoms with van der Waals surface area (Å²) in [6.07, 6.45) is 3.40. The first-order valence-electron chi connectivity index (χ1n) is 9.38. The zero-order valence-corrected chi connectivity index (χ0v) is 17.0. The summed E-state index contributed by atoms with van der Waals surface area (Å²) in [5.74, 6) is 0.106. The van der Waals surface area contributed by atoms with Crippen molar-refractivity contribution in [1.82, 2.24) is 10.3 Å². The van der Waals surface area contributed by atoms with Crippen molar-refractivity contribution in [2.45, 2.75) is 18.4 Å². The van der Waals surface area contributed by atoms with Crippen molar-refractivity contribution in [3.05, 3.63) is 90.3 Å². The fourth-order valence-electron chi connectivity index (χ4n) is 2.64. The number of carbonyl (C=O) groups excluding carboxylic acids is 2. The topological polar surface area (TPSA) is 71.1 Å². The van der Waals surface area contributed by atoms with Crippen LogP contribution in [0.25, 0.3) is 0 Å². The average molecular weight is 406 g/mol. The maximum atomic E-state index is 12.6. The normalized spacial score (nSPS) is 11.5. The van der Waals surface area contributed by atoms with Gasteiger partial charge in [0.2, 0.25) is 5.91 Å². The number of nitrogens with one attached hydrogen (secondary N) is 2. The van der Waals surface area contributed by atoms with Gasteiger partial charge in [-0.3, -0.25) is 14.6 Å². The lowest BCUT2D eigenvalue weighted by Gasteiger charge is -2.15. The Labute approximate surface area is 175 Å². The minimum absolute atomic E-state index is 0.110. The predicted octanol–water partition coefficient (Wildman–Crippen LogP) is 4.38. The van der Waals surface area contributed by atoms with Crippen molar-refractivity contribution in [3.63, 3.8) is 0 Å². The van der Waals surface area contributed by atoms with Crippen LogP contribution in [-0.2, 0) is 11.3 Å². The van der Waals surface area contributed by atoms with Crippen LogP contribution in [0.1, 0.15) is 22.8 Å². The van der Waals surface area contributed by atoms with Crippen LogP contribution < -0.4 is 10.6 Å². The number of benzene rings is 2. The summed E-state index contributed by atoms with van der Waals surface area (Å²) in [4.78, 5) is 30.4. The number of aromatic nitrogens is 1. The fraction of sp³-hybridized carbons (Fsp3) is 0.174. The molecule has 0 radical (unpaired) electrons. The Balaban J connectivity index is 1.59. The van der Waals surface area contributed by atoms with E-state index in [-0.39, 0.29) is 17.7 Å². The van der Waals surface area contributed by atoms with Gasteiger partial charge in [0.05, 0.1) is 11.3 Å². The van der Waals surface area contributed by atoms with E-state index in [1.807, 2.05) is 49.4 Å². The van der Waals surface area contributed by atoms with E-state index in [0.29, 0.717) is 23.5 Å². The van der Waals surface area contributed by atoms with E-state index < -0.39 is 0 Å². The van der Waals surface area contributed by atoms with Gasteiger partial charge >= 0.3 is 0 Å². The van der Waals surface area contributed by atoms with Gasteiger partial charge in [-0.1, -0.05) is 43.3 Å².